The first-order valence-electron chi connectivity index (χ1n) is 5.77. The Morgan fingerprint density at radius 2 is 2.29 bits per heavy atom. The van der Waals surface area contributed by atoms with Crippen LogP contribution in [0.1, 0.15) is 19.4 Å². The number of amides is 1. The van der Waals surface area contributed by atoms with E-state index in [1.54, 1.807) is 6.92 Å². The van der Waals surface area contributed by atoms with Crippen LogP contribution in [0.4, 0.5) is 0 Å². The molecule has 0 aromatic heterocycles. The molecule has 0 bridgehead atoms. The quantitative estimate of drug-likeness (QED) is 0.793. The van der Waals surface area contributed by atoms with E-state index in [1.165, 1.54) is 0 Å². The zero-order chi connectivity index (χ0) is 12.7. The number of rotatable bonds is 6. The van der Waals surface area contributed by atoms with Crippen LogP contribution in [0.15, 0.2) is 24.3 Å². The molecule has 0 heterocycles. The summed E-state index contributed by atoms with van der Waals surface area (Å²) in [5, 5.41) is 2.29. The topological polar surface area (TPSA) is 38.3 Å². The molecule has 0 radical (unpaired) electrons. The summed E-state index contributed by atoms with van der Waals surface area (Å²) in [5.74, 6) is 0.731. The molecule has 3 nitrogen and oxygen atoms in total. The Morgan fingerprint density at radius 1 is 1.53 bits per heavy atom. The molecule has 94 valence electrons. The molecule has 0 saturated heterocycles. The molecule has 0 aliphatic heterocycles. The zero-order valence-corrected chi connectivity index (χ0v) is 11.0. The normalized spacial score (nSPS) is 11.9. The molecule has 0 saturated carbocycles. The van der Waals surface area contributed by atoms with Crippen LogP contribution >= 0.6 is 11.6 Å². The monoisotopic (exact) mass is 255 g/mol. The Balaban J connectivity index is 2.41. The predicted octanol–water partition coefficient (Wildman–Crippen LogP) is 2.37. The molecule has 1 N–H and O–H groups in total. The molecule has 17 heavy (non-hydrogen) atoms. The third-order valence-electron chi connectivity index (χ3n) is 2.28. The third-order valence-corrected chi connectivity index (χ3v) is 2.48. The van der Waals surface area contributed by atoms with Crippen molar-refractivity contribution in [3.05, 3.63) is 29.8 Å². The largest absolute Gasteiger partial charge is 0.494 e. The van der Waals surface area contributed by atoms with Crippen LogP contribution in [0, 0.1) is 0 Å². The van der Waals surface area contributed by atoms with E-state index in [0.29, 0.717) is 13.2 Å². The Kier molecular flexibility index (Phi) is 5.84. The second-order valence-corrected chi connectivity index (χ2v) is 4.39. The van der Waals surface area contributed by atoms with Crippen molar-refractivity contribution >= 4 is 17.5 Å². The van der Waals surface area contributed by atoms with E-state index in [2.05, 4.69) is 5.32 Å². The van der Waals surface area contributed by atoms with Crippen LogP contribution in [0.3, 0.4) is 0 Å². The molecule has 0 fully saturated rings. The van der Waals surface area contributed by atoms with Gasteiger partial charge in [-0.1, -0.05) is 12.1 Å². The van der Waals surface area contributed by atoms with Crippen molar-refractivity contribution in [3.8, 4) is 5.75 Å². The van der Waals surface area contributed by atoms with Crippen LogP contribution < -0.4 is 10.1 Å². The molecule has 1 amide bonds. The first-order chi connectivity index (χ1) is 8.13. The maximum atomic E-state index is 11.2. The van der Waals surface area contributed by atoms with Crippen molar-refractivity contribution in [1.29, 1.82) is 0 Å². The number of hydrogen-bond acceptors (Lipinski definition) is 2. The molecular formula is C13H18ClNO2. The lowest BCUT2D eigenvalue weighted by Gasteiger charge is -2.08. The first kappa shape index (κ1) is 13.8. The average molecular weight is 256 g/mol. The van der Waals surface area contributed by atoms with Gasteiger partial charge in [0.05, 0.1) is 6.61 Å². The number of halogens is 1. The number of alkyl halides is 1. The van der Waals surface area contributed by atoms with Crippen LogP contribution in [0.5, 0.6) is 5.75 Å². The second kappa shape index (κ2) is 7.17. The van der Waals surface area contributed by atoms with Gasteiger partial charge in [-0.3, -0.25) is 4.79 Å². The summed E-state index contributed by atoms with van der Waals surface area (Å²) in [5.41, 5.74) is 1.14. The van der Waals surface area contributed by atoms with E-state index in [-0.39, 0.29) is 5.91 Å². The summed E-state index contributed by atoms with van der Waals surface area (Å²) in [4.78, 5) is 11.2. The molecule has 1 unspecified atom stereocenters. The van der Waals surface area contributed by atoms with Crippen molar-refractivity contribution in [2.75, 3.05) is 13.2 Å². The summed E-state index contributed by atoms with van der Waals surface area (Å²) in [7, 11) is 0. The summed E-state index contributed by atoms with van der Waals surface area (Å²) >= 11 is 5.64. The molecule has 1 aromatic carbocycles. The highest BCUT2D eigenvalue weighted by Gasteiger charge is 2.07. The Morgan fingerprint density at radius 3 is 2.94 bits per heavy atom. The lowest BCUT2D eigenvalue weighted by Crippen LogP contribution is -2.31. The van der Waals surface area contributed by atoms with Crippen LogP contribution in [-0.4, -0.2) is 24.4 Å². The SMILES string of the molecule is CCOc1cccc(CCNC(=O)C(C)Cl)c1. The van der Waals surface area contributed by atoms with Crippen LogP contribution in [0.2, 0.25) is 0 Å². The minimum atomic E-state index is -0.482. The maximum Gasteiger partial charge on any atom is 0.237 e. The fourth-order valence-corrected chi connectivity index (χ4v) is 1.51. The van der Waals surface area contributed by atoms with E-state index in [0.717, 1.165) is 17.7 Å². The van der Waals surface area contributed by atoms with Gasteiger partial charge >= 0.3 is 0 Å². The molecule has 1 aromatic rings. The fraction of sp³-hybridized carbons (Fsp3) is 0.462. The molecule has 0 aliphatic rings. The second-order valence-electron chi connectivity index (χ2n) is 3.74. The fourth-order valence-electron chi connectivity index (χ4n) is 1.43. The number of nitrogens with one attached hydrogen (secondary N) is 1. The molecule has 0 spiro atoms. The molecule has 1 rings (SSSR count). The Labute approximate surface area is 107 Å². The predicted molar refractivity (Wildman–Crippen MR) is 69.6 cm³/mol. The summed E-state index contributed by atoms with van der Waals surface area (Å²) in [6.45, 7) is 4.86. The minimum absolute atomic E-state index is 0.132. The highest BCUT2D eigenvalue weighted by molar-refractivity contribution is 6.30. The van der Waals surface area contributed by atoms with Crippen molar-refractivity contribution in [3.63, 3.8) is 0 Å². The smallest absolute Gasteiger partial charge is 0.237 e. The van der Waals surface area contributed by atoms with Crippen molar-refractivity contribution in [1.82, 2.24) is 5.32 Å². The number of carbonyl (C=O) groups is 1. The van der Waals surface area contributed by atoms with Gasteiger partial charge in [-0.25, -0.2) is 0 Å². The minimum Gasteiger partial charge on any atom is -0.494 e. The van der Waals surface area contributed by atoms with E-state index < -0.39 is 5.38 Å². The number of hydrogen-bond donors (Lipinski definition) is 1. The highest BCUT2D eigenvalue weighted by Crippen LogP contribution is 2.13. The first-order valence-corrected chi connectivity index (χ1v) is 6.20. The highest BCUT2D eigenvalue weighted by atomic mass is 35.5. The van der Waals surface area contributed by atoms with Gasteiger partial charge in [-0.05, 0) is 38.0 Å². The summed E-state index contributed by atoms with van der Waals surface area (Å²) in [6.07, 6.45) is 0.774. The zero-order valence-electron chi connectivity index (χ0n) is 10.2. The van der Waals surface area contributed by atoms with Gasteiger partial charge in [0.15, 0.2) is 0 Å². The van der Waals surface area contributed by atoms with Crippen molar-refractivity contribution in [2.24, 2.45) is 0 Å². The van der Waals surface area contributed by atoms with Gasteiger partial charge < -0.3 is 10.1 Å². The molecule has 4 heteroatoms. The van der Waals surface area contributed by atoms with Gasteiger partial charge in [0, 0.05) is 6.54 Å². The molecule has 1 atom stereocenters. The van der Waals surface area contributed by atoms with Gasteiger partial charge in [0.25, 0.3) is 0 Å². The van der Waals surface area contributed by atoms with Crippen molar-refractivity contribution in [2.45, 2.75) is 25.6 Å². The van der Waals surface area contributed by atoms with E-state index >= 15 is 0 Å². The number of ether oxygens (including phenoxy) is 1. The Bertz CT molecular complexity index is 366. The van der Waals surface area contributed by atoms with E-state index in [9.17, 15) is 4.79 Å². The van der Waals surface area contributed by atoms with Gasteiger partial charge in [0.1, 0.15) is 11.1 Å². The number of benzene rings is 1. The van der Waals surface area contributed by atoms with Gasteiger partial charge in [-0.15, -0.1) is 11.6 Å². The average Bonchev–Trinajstić information content (AvgIpc) is 2.29. The lowest BCUT2D eigenvalue weighted by atomic mass is 10.1. The lowest BCUT2D eigenvalue weighted by molar-refractivity contribution is -0.120. The molecular weight excluding hydrogens is 238 g/mol. The third kappa shape index (κ3) is 5.09. The van der Waals surface area contributed by atoms with Crippen LogP contribution in [-0.2, 0) is 11.2 Å². The van der Waals surface area contributed by atoms with Gasteiger partial charge in [-0.2, -0.15) is 0 Å². The number of carbonyl (C=O) groups excluding carboxylic acids is 1. The van der Waals surface area contributed by atoms with Gasteiger partial charge in [0.2, 0.25) is 5.91 Å². The van der Waals surface area contributed by atoms with Crippen molar-refractivity contribution < 1.29 is 9.53 Å². The van der Waals surface area contributed by atoms with E-state index in [1.807, 2.05) is 31.2 Å². The molecule has 0 aliphatic carbocycles. The Hall–Kier alpha value is -1.22. The summed E-state index contributed by atoms with van der Waals surface area (Å²) in [6, 6.07) is 7.87. The maximum absolute atomic E-state index is 11.2. The standard InChI is InChI=1S/C13H18ClNO2/c1-3-17-12-6-4-5-11(9-12)7-8-15-13(16)10(2)14/h4-6,9-10H,3,7-8H2,1-2H3,(H,15,16). The van der Waals surface area contributed by atoms with Crippen LogP contribution in [0.25, 0.3) is 0 Å². The summed E-state index contributed by atoms with van der Waals surface area (Å²) < 4.78 is 5.40. The van der Waals surface area contributed by atoms with E-state index in [4.69, 9.17) is 16.3 Å².